The number of nitrogens with zero attached hydrogens (tertiary/aromatic N) is 1. The molecule has 2 rings (SSSR count). The molecule has 1 aromatic carbocycles. The fourth-order valence-electron chi connectivity index (χ4n) is 2.34. The second-order valence-electron chi connectivity index (χ2n) is 4.20. The summed E-state index contributed by atoms with van der Waals surface area (Å²) in [5.74, 6) is 0.0370. The maximum Gasteiger partial charge on any atom is 0.249 e. The van der Waals surface area contributed by atoms with Gasteiger partial charge in [0.05, 0.1) is 6.04 Å². The third-order valence-electron chi connectivity index (χ3n) is 3.11. The summed E-state index contributed by atoms with van der Waals surface area (Å²) in [5.41, 5.74) is 1.04. The van der Waals surface area contributed by atoms with Crippen LogP contribution < -0.4 is 0 Å². The van der Waals surface area contributed by atoms with Gasteiger partial charge >= 0.3 is 0 Å². The molecule has 1 unspecified atom stereocenters. The van der Waals surface area contributed by atoms with Gasteiger partial charge in [0.2, 0.25) is 5.91 Å². The van der Waals surface area contributed by atoms with Crippen LogP contribution in [0.15, 0.2) is 24.3 Å². The highest BCUT2D eigenvalue weighted by Crippen LogP contribution is 2.35. The number of benzene rings is 1. The lowest BCUT2D eigenvalue weighted by molar-refractivity contribution is -0.136. The maximum absolute atomic E-state index is 11.9. The molecule has 1 saturated heterocycles. The Labute approximate surface area is 106 Å². The topological polar surface area (TPSA) is 29.5 Å². The molecule has 17 heavy (non-hydrogen) atoms. The lowest BCUT2D eigenvalue weighted by Gasteiger charge is -2.25. The quantitative estimate of drug-likeness (QED) is 0.829. The van der Waals surface area contributed by atoms with Crippen LogP contribution in [0.5, 0.6) is 0 Å². The Morgan fingerprint density at radius 3 is 3.00 bits per heavy atom. The Hall–Kier alpha value is -1.06. The summed E-state index contributed by atoms with van der Waals surface area (Å²) in [6.45, 7) is 0.930. The molecule has 0 aromatic heterocycles. The first-order valence-corrected chi connectivity index (χ1v) is 6.14. The Morgan fingerprint density at radius 1 is 1.53 bits per heavy atom. The molecule has 1 amide bonds. The zero-order chi connectivity index (χ0) is 12.3. The van der Waals surface area contributed by atoms with E-state index in [1.807, 2.05) is 29.2 Å². The number of carbonyl (C=O) groups is 1. The molecule has 1 fully saturated rings. The van der Waals surface area contributed by atoms with Crippen molar-refractivity contribution in [3.63, 3.8) is 0 Å². The van der Waals surface area contributed by atoms with Gasteiger partial charge in [0.1, 0.15) is 6.61 Å². The van der Waals surface area contributed by atoms with Gasteiger partial charge in [-0.05, 0) is 24.5 Å². The molecule has 92 valence electrons. The SMILES string of the molecule is COCC(=O)N1CCCC1c1ccccc1Cl. The van der Waals surface area contributed by atoms with Gasteiger partial charge in [0, 0.05) is 18.7 Å². The molecule has 1 aliphatic heterocycles. The smallest absolute Gasteiger partial charge is 0.249 e. The van der Waals surface area contributed by atoms with Crippen LogP contribution in [-0.2, 0) is 9.53 Å². The minimum atomic E-state index is 0.0370. The van der Waals surface area contributed by atoms with E-state index in [4.69, 9.17) is 16.3 Å². The summed E-state index contributed by atoms with van der Waals surface area (Å²) in [7, 11) is 1.54. The number of ether oxygens (including phenoxy) is 1. The summed E-state index contributed by atoms with van der Waals surface area (Å²) in [5, 5.41) is 0.731. The van der Waals surface area contributed by atoms with E-state index in [1.165, 1.54) is 0 Å². The van der Waals surface area contributed by atoms with Gasteiger partial charge in [-0.15, -0.1) is 0 Å². The van der Waals surface area contributed by atoms with E-state index >= 15 is 0 Å². The number of halogens is 1. The van der Waals surface area contributed by atoms with Crippen LogP contribution in [0.3, 0.4) is 0 Å². The van der Waals surface area contributed by atoms with Crippen LogP contribution in [0, 0.1) is 0 Å². The van der Waals surface area contributed by atoms with Gasteiger partial charge < -0.3 is 9.64 Å². The first-order chi connectivity index (χ1) is 8.24. The van der Waals surface area contributed by atoms with E-state index in [2.05, 4.69) is 0 Å². The minimum Gasteiger partial charge on any atom is -0.375 e. The average Bonchev–Trinajstić information content (AvgIpc) is 2.79. The van der Waals surface area contributed by atoms with Crippen LogP contribution in [0.25, 0.3) is 0 Å². The first-order valence-electron chi connectivity index (χ1n) is 5.77. The molecule has 0 saturated carbocycles. The maximum atomic E-state index is 11.9. The lowest BCUT2D eigenvalue weighted by atomic mass is 10.0. The van der Waals surface area contributed by atoms with E-state index in [0.29, 0.717) is 0 Å². The number of hydrogen-bond donors (Lipinski definition) is 0. The van der Waals surface area contributed by atoms with Gasteiger partial charge in [-0.3, -0.25) is 4.79 Å². The van der Waals surface area contributed by atoms with Crippen molar-refractivity contribution in [3.05, 3.63) is 34.9 Å². The molecule has 0 radical (unpaired) electrons. The number of rotatable bonds is 3. The predicted octanol–water partition coefficient (Wildman–Crippen LogP) is 2.65. The van der Waals surface area contributed by atoms with E-state index in [9.17, 15) is 4.79 Å². The molecule has 1 aromatic rings. The fourth-order valence-corrected chi connectivity index (χ4v) is 2.60. The van der Waals surface area contributed by atoms with Crippen molar-refractivity contribution in [1.82, 2.24) is 4.90 Å². The van der Waals surface area contributed by atoms with E-state index in [0.717, 1.165) is 30.0 Å². The highest BCUT2D eigenvalue weighted by molar-refractivity contribution is 6.31. The van der Waals surface area contributed by atoms with Gasteiger partial charge in [-0.1, -0.05) is 29.8 Å². The number of likely N-dealkylation sites (tertiary alicyclic amines) is 1. The number of hydrogen-bond acceptors (Lipinski definition) is 2. The average molecular weight is 254 g/mol. The summed E-state index contributed by atoms with van der Waals surface area (Å²) in [6, 6.07) is 7.83. The number of carbonyl (C=O) groups excluding carboxylic acids is 1. The Morgan fingerprint density at radius 2 is 2.29 bits per heavy atom. The summed E-state index contributed by atoms with van der Waals surface area (Å²) >= 11 is 6.18. The van der Waals surface area contributed by atoms with Crippen molar-refractivity contribution in [2.75, 3.05) is 20.3 Å². The molecule has 0 aliphatic carbocycles. The second-order valence-corrected chi connectivity index (χ2v) is 4.61. The third kappa shape index (κ3) is 2.61. The van der Waals surface area contributed by atoms with Crippen molar-refractivity contribution in [2.45, 2.75) is 18.9 Å². The largest absolute Gasteiger partial charge is 0.375 e. The predicted molar refractivity (Wildman–Crippen MR) is 67.0 cm³/mol. The van der Waals surface area contributed by atoms with Gasteiger partial charge in [0.25, 0.3) is 0 Å². The van der Waals surface area contributed by atoms with Crippen molar-refractivity contribution in [2.24, 2.45) is 0 Å². The minimum absolute atomic E-state index is 0.0370. The van der Waals surface area contributed by atoms with Crippen molar-refractivity contribution >= 4 is 17.5 Å². The highest BCUT2D eigenvalue weighted by atomic mass is 35.5. The van der Waals surface area contributed by atoms with E-state index in [1.54, 1.807) is 7.11 Å². The molecule has 1 aliphatic rings. The molecular formula is C13H16ClNO2. The lowest BCUT2D eigenvalue weighted by Crippen LogP contribution is -2.33. The van der Waals surface area contributed by atoms with E-state index < -0.39 is 0 Å². The molecule has 3 nitrogen and oxygen atoms in total. The van der Waals surface area contributed by atoms with Gasteiger partial charge in [-0.2, -0.15) is 0 Å². The Kier molecular flexibility index (Phi) is 4.02. The molecular weight excluding hydrogens is 238 g/mol. The van der Waals surface area contributed by atoms with Crippen LogP contribution in [0.1, 0.15) is 24.4 Å². The summed E-state index contributed by atoms with van der Waals surface area (Å²) in [6.07, 6.45) is 1.99. The molecule has 1 atom stereocenters. The Balaban J connectivity index is 2.20. The second kappa shape index (κ2) is 5.52. The monoisotopic (exact) mass is 253 g/mol. The molecule has 0 bridgehead atoms. The standard InChI is InChI=1S/C13H16ClNO2/c1-17-9-13(16)15-8-4-7-12(15)10-5-2-3-6-11(10)14/h2-3,5-6,12H,4,7-9H2,1H3. The third-order valence-corrected chi connectivity index (χ3v) is 3.45. The van der Waals surface area contributed by atoms with Crippen molar-refractivity contribution in [3.8, 4) is 0 Å². The molecule has 0 N–H and O–H groups in total. The van der Waals surface area contributed by atoms with E-state index in [-0.39, 0.29) is 18.6 Å². The zero-order valence-electron chi connectivity index (χ0n) is 9.86. The molecule has 0 spiro atoms. The highest BCUT2D eigenvalue weighted by Gasteiger charge is 2.30. The van der Waals surface area contributed by atoms with Crippen LogP contribution >= 0.6 is 11.6 Å². The number of methoxy groups -OCH3 is 1. The zero-order valence-corrected chi connectivity index (χ0v) is 10.6. The van der Waals surface area contributed by atoms with Crippen molar-refractivity contribution in [1.29, 1.82) is 0 Å². The normalized spacial score (nSPS) is 19.6. The summed E-state index contributed by atoms with van der Waals surface area (Å²) < 4.78 is 4.91. The van der Waals surface area contributed by atoms with Crippen LogP contribution in [-0.4, -0.2) is 31.1 Å². The van der Waals surface area contributed by atoms with Crippen LogP contribution in [0.4, 0.5) is 0 Å². The van der Waals surface area contributed by atoms with Crippen LogP contribution in [0.2, 0.25) is 5.02 Å². The molecule has 4 heteroatoms. The molecule has 1 heterocycles. The van der Waals surface area contributed by atoms with Gasteiger partial charge in [-0.25, -0.2) is 0 Å². The Bertz CT molecular complexity index is 408. The number of amides is 1. The fraction of sp³-hybridized carbons (Fsp3) is 0.462. The summed E-state index contributed by atoms with van der Waals surface area (Å²) in [4.78, 5) is 13.8. The first kappa shape index (κ1) is 12.4. The van der Waals surface area contributed by atoms with Crippen molar-refractivity contribution < 1.29 is 9.53 Å². The van der Waals surface area contributed by atoms with Gasteiger partial charge in [0.15, 0.2) is 0 Å².